The summed E-state index contributed by atoms with van der Waals surface area (Å²) in [6, 6.07) is 13.4. The molecule has 1 atom stereocenters. The Morgan fingerprint density at radius 3 is 2.38 bits per heavy atom. The molecule has 2 aromatic rings. The number of benzene rings is 2. The van der Waals surface area contributed by atoms with Gasteiger partial charge in [0.15, 0.2) is 11.5 Å². The van der Waals surface area contributed by atoms with Crippen molar-refractivity contribution in [2.45, 2.75) is 12.5 Å². The molecule has 1 amide bonds. The Balaban J connectivity index is 1.70. The van der Waals surface area contributed by atoms with Crippen molar-refractivity contribution >= 4 is 17.4 Å². The van der Waals surface area contributed by atoms with E-state index in [2.05, 4.69) is 4.90 Å². The third-order valence-electron chi connectivity index (χ3n) is 6.29. The van der Waals surface area contributed by atoms with Crippen molar-refractivity contribution in [3.63, 3.8) is 0 Å². The van der Waals surface area contributed by atoms with Gasteiger partial charge in [-0.2, -0.15) is 0 Å². The highest BCUT2D eigenvalue weighted by Crippen LogP contribution is 2.42. The van der Waals surface area contributed by atoms with Crippen molar-refractivity contribution in [2.75, 3.05) is 53.6 Å². The highest BCUT2D eigenvalue weighted by Gasteiger charge is 2.46. The number of hydrogen-bond donors (Lipinski definition) is 1. The molecule has 0 saturated carbocycles. The van der Waals surface area contributed by atoms with E-state index in [1.165, 1.54) is 7.11 Å². The predicted molar refractivity (Wildman–Crippen MR) is 127 cm³/mol. The minimum atomic E-state index is -0.732. The molecule has 0 spiro atoms. The molecule has 0 unspecified atom stereocenters. The number of Topliss-reactive ketones (excluding diaryl/α,β-unsaturated/α-hetero) is 1. The Bertz CT molecular complexity index is 1060. The van der Waals surface area contributed by atoms with E-state index < -0.39 is 17.7 Å². The van der Waals surface area contributed by atoms with Gasteiger partial charge in [0, 0.05) is 31.7 Å². The van der Waals surface area contributed by atoms with Gasteiger partial charge < -0.3 is 24.2 Å². The second-order valence-electron chi connectivity index (χ2n) is 8.28. The molecule has 180 valence electrons. The Hall–Kier alpha value is -3.36. The first kappa shape index (κ1) is 23.8. The Morgan fingerprint density at radius 1 is 1.00 bits per heavy atom. The molecule has 34 heavy (non-hydrogen) atoms. The molecular formula is C26H30N2O6. The van der Waals surface area contributed by atoms with E-state index >= 15 is 0 Å². The van der Waals surface area contributed by atoms with E-state index in [-0.39, 0.29) is 11.3 Å². The van der Waals surface area contributed by atoms with Crippen molar-refractivity contribution in [2.24, 2.45) is 0 Å². The maximum Gasteiger partial charge on any atom is 0.295 e. The Morgan fingerprint density at radius 2 is 1.71 bits per heavy atom. The molecule has 2 fully saturated rings. The fourth-order valence-corrected chi connectivity index (χ4v) is 4.52. The van der Waals surface area contributed by atoms with Crippen molar-refractivity contribution in [3.05, 3.63) is 65.2 Å². The molecule has 0 radical (unpaired) electrons. The first-order chi connectivity index (χ1) is 16.5. The van der Waals surface area contributed by atoms with Crippen molar-refractivity contribution in [3.8, 4) is 11.5 Å². The average Bonchev–Trinajstić information content (AvgIpc) is 3.14. The van der Waals surface area contributed by atoms with E-state index in [0.717, 1.165) is 19.6 Å². The number of hydrogen-bond acceptors (Lipinski definition) is 7. The van der Waals surface area contributed by atoms with Crippen LogP contribution >= 0.6 is 0 Å². The largest absolute Gasteiger partial charge is 0.507 e. The van der Waals surface area contributed by atoms with Gasteiger partial charge in [0.1, 0.15) is 5.76 Å². The van der Waals surface area contributed by atoms with E-state index in [1.54, 1.807) is 54.5 Å². The Labute approximate surface area is 199 Å². The smallest absolute Gasteiger partial charge is 0.295 e. The van der Waals surface area contributed by atoms with Gasteiger partial charge in [-0.25, -0.2) is 0 Å². The molecule has 4 rings (SSSR count). The fourth-order valence-electron chi connectivity index (χ4n) is 4.52. The molecule has 2 aromatic carbocycles. The number of methoxy groups -OCH3 is 2. The number of nitrogens with zero attached hydrogens (tertiary/aromatic N) is 2. The van der Waals surface area contributed by atoms with Crippen LogP contribution in [-0.2, 0) is 14.3 Å². The molecule has 2 aliphatic heterocycles. The molecule has 0 aromatic heterocycles. The molecule has 2 aliphatic rings. The summed E-state index contributed by atoms with van der Waals surface area (Å²) in [7, 11) is 3.08. The molecular weight excluding hydrogens is 436 g/mol. The number of ketones is 1. The monoisotopic (exact) mass is 466 g/mol. The number of likely N-dealkylation sites (tertiary alicyclic amines) is 1. The summed E-state index contributed by atoms with van der Waals surface area (Å²) >= 11 is 0. The second-order valence-corrected chi connectivity index (χ2v) is 8.28. The summed E-state index contributed by atoms with van der Waals surface area (Å²) in [6.07, 6.45) is 0.697. The number of aliphatic hydroxyl groups excluding tert-OH is 1. The van der Waals surface area contributed by atoms with Crippen molar-refractivity contribution < 1.29 is 28.9 Å². The van der Waals surface area contributed by atoms with Crippen LogP contribution in [0.2, 0.25) is 0 Å². The molecule has 2 saturated heterocycles. The number of aliphatic hydroxyl groups is 1. The average molecular weight is 467 g/mol. The van der Waals surface area contributed by atoms with Crippen LogP contribution in [0, 0.1) is 0 Å². The summed E-state index contributed by atoms with van der Waals surface area (Å²) in [4.78, 5) is 30.1. The van der Waals surface area contributed by atoms with Gasteiger partial charge in [-0.05, 0) is 24.1 Å². The summed E-state index contributed by atoms with van der Waals surface area (Å²) in [5.74, 6) is -0.460. The lowest BCUT2D eigenvalue weighted by molar-refractivity contribution is -0.140. The van der Waals surface area contributed by atoms with Crippen LogP contribution in [0.5, 0.6) is 11.5 Å². The zero-order chi connectivity index (χ0) is 24.1. The van der Waals surface area contributed by atoms with Crippen molar-refractivity contribution in [1.82, 2.24) is 9.80 Å². The fraction of sp³-hybridized carbons (Fsp3) is 0.385. The molecule has 1 N–H and O–H groups in total. The summed E-state index contributed by atoms with van der Waals surface area (Å²) < 4.78 is 16.2. The Kier molecular flexibility index (Phi) is 7.49. The van der Waals surface area contributed by atoms with Gasteiger partial charge in [-0.15, -0.1) is 0 Å². The summed E-state index contributed by atoms with van der Waals surface area (Å²) in [6.45, 7) is 4.29. The van der Waals surface area contributed by atoms with Gasteiger partial charge in [0.05, 0.1) is 39.0 Å². The maximum absolute atomic E-state index is 13.2. The summed E-state index contributed by atoms with van der Waals surface area (Å²) in [5.41, 5.74) is 1.23. The van der Waals surface area contributed by atoms with Gasteiger partial charge in [-0.3, -0.25) is 14.5 Å². The van der Waals surface area contributed by atoms with Crippen LogP contribution in [0.3, 0.4) is 0 Å². The number of morpholine rings is 1. The minimum Gasteiger partial charge on any atom is -0.507 e. The lowest BCUT2D eigenvalue weighted by Gasteiger charge is -2.29. The normalized spacial score (nSPS) is 20.5. The molecule has 0 bridgehead atoms. The molecule has 8 nitrogen and oxygen atoms in total. The lowest BCUT2D eigenvalue weighted by Crippen LogP contribution is -2.38. The van der Waals surface area contributed by atoms with Crippen LogP contribution < -0.4 is 9.47 Å². The number of rotatable bonds is 8. The number of carbonyl (C=O) groups excluding carboxylic acids is 2. The van der Waals surface area contributed by atoms with Gasteiger partial charge in [0.2, 0.25) is 0 Å². The molecule has 0 aliphatic carbocycles. The van der Waals surface area contributed by atoms with Crippen LogP contribution in [0.15, 0.2) is 54.1 Å². The van der Waals surface area contributed by atoms with E-state index in [0.29, 0.717) is 48.8 Å². The van der Waals surface area contributed by atoms with Gasteiger partial charge in [-0.1, -0.05) is 36.4 Å². The minimum absolute atomic E-state index is 0.0785. The van der Waals surface area contributed by atoms with E-state index in [1.807, 2.05) is 6.07 Å². The maximum atomic E-state index is 13.2. The van der Waals surface area contributed by atoms with Crippen LogP contribution in [0.4, 0.5) is 0 Å². The number of carbonyl (C=O) groups is 2. The van der Waals surface area contributed by atoms with Gasteiger partial charge in [0.25, 0.3) is 11.7 Å². The number of ether oxygens (including phenoxy) is 3. The highest BCUT2D eigenvalue weighted by atomic mass is 16.5. The predicted octanol–water partition coefficient (Wildman–Crippen LogP) is 2.85. The van der Waals surface area contributed by atoms with E-state index in [4.69, 9.17) is 14.2 Å². The zero-order valence-electron chi connectivity index (χ0n) is 19.5. The third-order valence-corrected chi connectivity index (χ3v) is 6.29. The quantitative estimate of drug-likeness (QED) is 0.364. The number of amides is 1. The van der Waals surface area contributed by atoms with E-state index in [9.17, 15) is 14.7 Å². The lowest BCUT2D eigenvalue weighted by atomic mass is 9.95. The van der Waals surface area contributed by atoms with Gasteiger partial charge >= 0.3 is 0 Å². The second kappa shape index (κ2) is 10.7. The third kappa shape index (κ3) is 4.78. The van der Waals surface area contributed by atoms with Crippen LogP contribution in [0.25, 0.3) is 5.76 Å². The highest BCUT2D eigenvalue weighted by molar-refractivity contribution is 6.46. The first-order valence-corrected chi connectivity index (χ1v) is 11.4. The zero-order valence-corrected chi connectivity index (χ0v) is 19.5. The molecule has 2 heterocycles. The van der Waals surface area contributed by atoms with Crippen molar-refractivity contribution in [1.29, 1.82) is 0 Å². The topological polar surface area (TPSA) is 88.5 Å². The van der Waals surface area contributed by atoms with Crippen LogP contribution in [0.1, 0.15) is 23.6 Å². The molecule has 8 heteroatoms. The SMILES string of the molecule is COc1ccc([C@@H]2C(=C(O)c3ccccc3)C(=O)C(=O)N2CCCN2CCOCC2)cc1OC. The standard InChI is InChI=1S/C26H30N2O6/c1-32-20-10-9-19(17-21(20)33-2)23-22(24(29)18-7-4-3-5-8-18)25(30)26(31)28(23)12-6-11-27-13-15-34-16-14-27/h3-5,7-10,17,23,29H,6,11-16H2,1-2H3/t23-/m1/s1. The van der Waals surface area contributed by atoms with Crippen LogP contribution in [-0.4, -0.2) is 80.2 Å². The first-order valence-electron chi connectivity index (χ1n) is 11.4. The summed E-state index contributed by atoms with van der Waals surface area (Å²) in [5, 5.41) is 11.1.